The molecule has 4 rings (SSSR count). The molecule has 0 saturated heterocycles. The lowest BCUT2D eigenvalue weighted by atomic mass is 9.96. The third-order valence-corrected chi connectivity index (χ3v) is 4.45. The molecule has 3 aromatic rings. The summed E-state index contributed by atoms with van der Waals surface area (Å²) in [5, 5.41) is 4.86. The van der Waals surface area contributed by atoms with Gasteiger partial charge in [-0.1, -0.05) is 56.3 Å². The number of carbonyl (C=O) groups is 1. The van der Waals surface area contributed by atoms with Crippen LogP contribution in [0.3, 0.4) is 0 Å². The highest BCUT2D eigenvalue weighted by molar-refractivity contribution is 6.09. The van der Waals surface area contributed by atoms with Crippen molar-refractivity contribution >= 4 is 33.6 Å². The van der Waals surface area contributed by atoms with Crippen molar-refractivity contribution in [2.24, 2.45) is 5.92 Å². The SMILES string of the molecule is CC(C)C(=O)Oc1ccc2c(ccc3c4c(ccc32)C=CC4)c1. The van der Waals surface area contributed by atoms with E-state index in [1.165, 1.54) is 27.3 Å². The molecule has 0 bridgehead atoms. The molecular weight excluding hydrogens is 284 g/mol. The molecule has 0 aliphatic heterocycles. The maximum atomic E-state index is 11.8. The zero-order chi connectivity index (χ0) is 16.0. The zero-order valence-electron chi connectivity index (χ0n) is 13.3. The Morgan fingerprint density at radius 2 is 1.78 bits per heavy atom. The van der Waals surface area contributed by atoms with Crippen molar-refractivity contribution in [2.45, 2.75) is 20.3 Å². The van der Waals surface area contributed by atoms with Gasteiger partial charge in [0.1, 0.15) is 5.75 Å². The Labute approximate surface area is 135 Å². The van der Waals surface area contributed by atoms with E-state index in [0.717, 1.165) is 11.8 Å². The van der Waals surface area contributed by atoms with Crippen LogP contribution in [0.25, 0.3) is 27.6 Å². The van der Waals surface area contributed by atoms with E-state index in [0.29, 0.717) is 5.75 Å². The molecule has 0 fully saturated rings. The van der Waals surface area contributed by atoms with Gasteiger partial charge < -0.3 is 4.74 Å². The van der Waals surface area contributed by atoms with Crippen LogP contribution < -0.4 is 4.74 Å². The second-order valence-electron chi connectivity index (χ2n) is 6.36. The summed E-state index contributed by atoms with van der Waals surface area (Å²) < 4.78 is 5.42. The van der Waals surface area contributed by atoms with Crippen LogP contribution >= 0.6 is 0 Å². The van der Waals surface area contributed by atoms with Crippen LogP contribution in [0.4, 0.5) is 0 Å². The van der Waals surface area contributed by atoms with Crippen molar-refractivity contribution < 1.29 is 9.53 Å². The topological polar surface area (TPSA) is 26.3 Å². The predicted octanol–water partition coefficient (Wildman–Crippen LogP) is 5.12. The summed E-state index contributed by atoms with van der Waals surface area (Å²) in [5.74, 6) is 0.282. The molecule has 0 amide bonds. The van der Waals surface area contributed by atoms with Gasteiger partial charge in [0.25, 0.3) is 0 Å². The van der Waals surface area contributed by atoms with E-state index in [9.17, 15) is 4.79 Å². The van der Waals surface area contributed by atoms with Crippen LogP contribution in [0.2, 0.25) is 0 Å². The summed E-state index contributed by atoms with van der Waals surface area (Å²) in [6, 6.07) is 14.5. The van der Waals surface area contributed by atoms with Crippen molar-refractivity contribution in [3.63, 3.8) is 0 Å². The maximum absolute atomic E-state index is 11.8. The lowest BCUT2D eigenvalue weighted by Gasteiger charge is -2.11. The molecule has 0 spiro atoms. The van der Waals surface area contributed by atoms with Gasteiger partial charge in [0, 0.05) is 0 Å². The lowest BCUT2D eigenvalue weighted by Crippen LogP contribution is -2.14. The third kappa shape index (κ3) is 2.31. The van der Waals surface area contributed by atoms with Crippen LogP contribution in [0.5, 0.6) is 5.75 Å². The van der Waals surface area contributed by atoms with Crippen LogP contribution in [0.1, 0.15) is 25.0 Å². The molecule has 0 atom stereocenters. The highest BCUT2D eigenvalue weighted by Gasteiger charge is 2.13. The Morgan fingerprint density at radius 3 is 2.61 bits per heavy atom. The molecule has 0 heterocycles. The lowest BCUT2D eigenvalue weighted by molar-refractivity contribution is -0.137. The third-order valence-electron chi connectivity index (χ3n) is 4.45. The smallest absolute Gasteiger partial charge is 0.313 e. The van der Waals surface area contributed by atoms with Crippen LogP contribution in [-0.2, 0) is 11.2 Å². The first-order valence-corrected chi connectivity index (χ1v) is 8.00. The molecule has 0 N–H and O–H groups in total. The molecule has 3 aromatic carbocycles. The van der Waals surface area contributed by atoms with Gasteiger partial charge in [-0.2, -0.15) is 0 Å². The summed E-state index contributed by atoms with van der Waals surface area (Å²) in [7, 11) is 0. The minimum atomic E-state index is -0.200. The standard InChI is InChI=1S/C21H18O2/c1-13(2)21(22)23-16-8-11-18-15(12-16)7-10-19-17-5-3-4-14(17)6-9-20(18)19/h3-4,6-13H,5H2,1-2H3. The summed E-state index contributed by atoms with van der Waals surface area (Å²) >= 11 is 0. The maximum Gasteiger partial charge on any atom is 0.313 e. The molecule has 2 nitrogen and oxygen atoms in total. The number of esters is 1. The van der Waals surface area contributed by atoms with Gasteiger partial charge in [0.15, 0.2) is 0 Å². The quantitative estimate of drug-likeness (QED) is 0.373. The Morgan fingerprint density at radius 1 is 1.00 bits per heavy atom. The fraction of sp³-hybridized carbons (Fsp3) is 0.190. The monoisotopic (exact) mass is 302 g/mol. The first kappa shape index (κ1) is 14.0. The molecule has 1 aliphatic rings. The van der Waals surface area contributed by atoms with E-state index < -0.39 is 0 Å². The van der Waals surface area contributed by atoms with Gasteiger partial charge in [0.05, 0.1) is 5.92 Å². The Bertz CT molecular complexity index is 964. The molecule has 1 aliphatic carbocycles. The van der Waals surface area contributed by atoms with Crippen LogP contribution in [-0.4, -0.2) is 5.97 Å². The fourth-order valence-corrected chi connectivity index (χ4v) is 3.19. The number of fused-ring (bicyclic) bond motifs is 5. The minimum Gasteiger partial charge on any atom is -0.426 e. The number of ether oxygens (including phenoxy) is 1. The van der Waals surface area contributed by atoms with Crippen molar-refractivity contribution in [2.75, 3.05) is 0 Å². The second kappa shape index (κ2) is 5.24. The summed E-state index contributed by atoms with van der Waals surface area (Å²) in [6.45, 7) is 3.68. The number of carbonyl (C=O) groups excluding carboxylic acids is 1. The summed E-state index contributed by atoms with van der Waals surface area (Å²) in [5.41, 5.74) is 2.72. The van der Waals surface area contributed by atoms with E-state index in [-0.39, 0.29) is 11.9 Å². The van der Waals surface area contributed by atoms with Crippen molar-refractivity contribution in [1.29, 1.82) is 0 Å². The predicted molar refractivity (Wildman–Crippen MR) is 94.7 cm³/mol. The van der Waals surface area contributed by atoms with E-state index in [1.54, 1.807) is 0 Å². The van der Waals surface area contributed by atoms with Gasteiger partial charge >= 0.3 is 5.97 Å². The highest BCUT2D eigenvalue weighted by atomic mass is 16.5. The normalized spacial score (nSPS) is 13.0. The molecule has 0 unspecified atom stereocenters. The average molecular weight is 302 g/mol. The average Bonchev–Trinajstić information content (AvgIpc) is 3.03. The largest absolute Gasteiger partial charge is 0.426 e. The number of rotatable bonds is 2. The van der Waals surface area contributed by atoms with Gasteiger partial charge in [0.2, 0.25) is 0 Å². The van der Waals surface area contributed by atoms with Gasteiger partial charge in [-0.15, -0.1) is 0 Å². The molecule has 0 radical (unpaired) electrons. The van der Waals surface area contributed by atoms with E-state index >= 15 is 0 Å². The van der Waals surface area contributed by atoms with Crippen LogP contribution in [0, 0.1) is 5.92 Å². The molecule has 23 heavy (non-hydrogen) atoms. The number of allylic oxidation sites excluding steroid dienone is 1. The Balaban J connectivity index is 1.84. The number of hydrogen-bond acceptors (Lipinski definition) is 2. The number of benzene rings is 3. The van der Waals surface area contributed by atoms with E-state index in [1.807, 2.05) is 26.0 Å². The van der Waals surface area contributed by atoms with E-state index in [2.05, 4.69) is 42.5 Å². The van der Waals surface area contributed by atoms with Gasteiger partial charge in [-0.05, 0) is 51.2 Å². The van der Waals surface area contributed by atoms with Crippen molar-refractivity contribution in [3.05, 3.63) is 59.7 Å². The van der Waals surface area contributed by atoms with Crippen molar-refractivity contribution in [3.8, 4) is 5.75 Å². The fourth-order valence-electron chi connectivity index (χ4n) is 3.19. The van der Waals surface area contributed by atoms with Crippen molar-refractivity contribution in [1.82, 2.24) is 0 Å². The first-order valence-electron chi connectivity index (χ1n) is 8.00. The van der Waals surface area contributed by atoms with Crippen LogP contribution in [0.15, 0.2) is 48.5 Å². The minimum absolute atomic E-state index is 0.127. The molecular formula is C21H18O2. The molecule has 114 valence electrons. The Hall–Kier alpha value is -2.61. The first-order chi connectivity index (χ1) is 11.1. The molecule has 2 heteroatoms. The second-order valence-corrected chi connectivity index (χ2v) is 6.36. The Kier molecular flexibility index (Phi) is 3.19. The summed E-state index contributed by atoms with van der Waals surface area (Å²) in [4.78, 5) is 11.8. The number of hydrogen-bond donors (Lipinski definition) is 0. The zero-order valence-corrected chi connectivity index (χ0v) is 13.3. The highest BCUT2D eigenvalue weighted by Crippen LogP contribution is 2.34. The van der Waals surface area contributed by atoms with Gasteiger partial charge in [-0.25, -0.2) is 0 Å². The van der Waals surface area contributed by atoms with E-state index in [4.69, 9.17) is 4.74 Å². The molecule has 0 saturated carbocycles. The summed E-state index contributed by atoms with van der Waals surface area (Å²) in [6.07, 6.45) is 5.40. The van der Waals surface area contributed by atoms with Gasteiger partial charge in [-0.3, -0.25) is 4.79 Å². The molecule has 0 aromatic heterocycles.